The summed E-state index contributed by atoms with van der Waals surface area (Å²) in [5.74, 6) is 1.69. The predicted molar refractivity (Wildman–Crippen MR) is 82.1 cm³/mol. The lowest BCUT2D eigenvalue weighted by atomic mass is 9.95. The summed E-state index contributed by atoms with van der Waals surface area (Å²) < 4.78 is 0. The fourth-order valence-corrected chi connectivity index (χ4v) is 2.87. The molecule has 0 amide bonds. The van der Waals surface area contributed by atoms with Gasteiger partial charge in [0.25, 0.3) is 0 Å². The molecular weight excluding hydrogens is 236 g/mol. The monoisotopic (exact) mass is 270 g/mol. The van der Waals surface area contributed by atoms with E-state index in [1.54, 1.807) is 0 Å². The van der Waals surface area contributed by atoms with E-state index in [0.717, 1.165) is 25.0 Å². The van der Waals surface area contributed by atoms with Crippen LogP contribution in [0.4, 0.5) is 0 Å². The van der Waals surface area contributed by atoms with Crippen LogP contribution in [0, 0.1) is 11.8 Å². The Kier molecular flexibility index (Phi) is 9.48. The zero-order valence-electron chi connectivity index (χ0n) is 13.2. The van der Waals surface area contributed by atoms with Crippen LogP contribution < -0.4 is 10.8 Å². The maximum Gasteiger partial charge on any atom is 0.0684 e. The van der Waals surface area contributed by atoms with Gasteiger partial charge in [0, 0.05) is 12.6 Å². The number of hydrogen-bond donors (Lipinski definition) is 2. The molecule has 0 bridgehead atoms. The van der Waals surface area contributed by atoms with E-state index in [2.05, 4.69) is 31.6 Å². The molecule has 3 atom stereocenters. The summed E-state index contributed by atoms with van der Waals surface area (Å²) in [4.78, 5) is 5.55. The highest BCUT2D eigenvalue weighted by atomic mass is 16.6. The lowest BCUT2D eigenvalue weighted by Crippen LogP contribution is -2.39. The molecule has 0 spiro atoms. The van der Waals surface area contributed by atoms with E-state index in [4.69, 9.17) is 4.84 Å². The van der Waals surface area contributed by atoms with Crippen LogP contribution in [0.1, 0.15) is 65.7 Å². The van der Waals surface area contributed by atoms with Crippen molar-refractivity contribution in [3.63, 3.8) is 0 Å². The topological polar surface area (TPSA) is 33.3 Å². The second kappa shape index (κ2) is 10.6. The molecule has 114 valence electrons. The SMILES string of the molecule is CCCC(CC)CCONCC[C@H]1CCC(C)CN1. The average molecular weight is 270 g/mol. The van der Waals surface area contributed by atoms with Crippen LogP contribution in [0.2, 0.25) is 0 Å². The van der Waals surface area contributed by atoms with E-state index in [1.807, 2.05) is 0 Å². The van der Waals surface area contributed by atoms with E-state index >= 15 is 0 Å². The summed E-state index contributed by atoms with van der Waals surface area (Å²) in [7, 11) is 0. The number of rotatable bonds is 10. The van der Waals surface area contributed by atoms with E-state index in [9.17, 15) is 0 Å². The fraction of sp³-hybridized carbons (Fsp3) is 1.00. The first-order chi connectivity index (χ1) is 9.26. The summed E-state index contributed by atoms with van der Waals surface area (Å²) in [6.07, 6.45) is 8.96. The minimum atomic E-state index is 0.691. The van der Waals surface area contributed by atoms with Crippen molar-refractivity contribution in [2.45, 2.75) is 71.8 Å². The number of nitrogens with one attached hydrogen (secondary N) is 2. The van der Waals surface area contributed by atoms with Crippen LogP contribution in [-0.4, -0.2) is 25.7 Å². The van der Waals surface area contributed by atoms with Crippen LogP contribution >= 0.6 is 0 Å². The van der Waals surface area contributed by atoms with E-state index in [-0.39, 0.29) is 0 Å². The molecule has 3 heteroatoms. The van der Waals surface area contributed by atoms with Gasteiger partial charge in [0.15, 0.2) is 0 Å². The summed E-state index contributed by atoms with van der Waals surface area (Å²) >= 11 is 0. The van der Waals surface area contributed by atoms with Crippen LogP contribution in [0.25, 0.3) is 0 Å². The largest absolute Gasteiger partial charge is 0.314 e. The first-order valence-electron chi connectivity index (χ1n) is 8.34. The number of hydrogen-bond acceptors (Lipinski definition) is 3. The highest BCUT2D eigenvalue weighted by molar-refractivity contribution is 4.75. The van der Waals surface area contributed by atoms with E-state index < -0.39 is 0 Å². The van der Waals surface area contributed by atoms with Crippen molar-refractivity contribution in [1.82, 2.24) is 10.8 Å². The van der Waals surface area contributed by atoms with Crippen LogP contribution in [0.5, 0.6) is 0 Å². The third kappa shape index (κ3) is 7.91. The van der Waals surface area contributed by atoms with Crippen molar-refractivity contribution >= 4 is 0 Å². The molecule has 0 radical (unpaired) electrons. The molecule has 0 aromatic rings. The van der Waals surface area contributed by atoms with Crippen molar-refractivity contribution in [2.75, 3.05) is 19.7 Å². The molecule has 1 fully saturated rings. The maximum atomic E-state index is 5.55. The highest BCUT2D eigenvalue weighted by Gasteiger charge is 2.16. The predicted octanol–water partition coefficient (Wildman–Crippen LogP) is 3.50. The molecule has 1 aliphatic heterocycles. The summed E-state index contributed by atoms with van der Waals surface area (Å²) in [6.45, 7) is 9.87. The Balaban J connectivity index is 1.90. The van der Waals surface area contributed by atoms with Crippen molar-refractivity contribution in [2.24, 2.45) is 11.8 Å². The van der Waals surface area contributed by atoms with Gasteiger partial charge in [-0.3, -0.25) is 0 Å². The molecule has 2 unspecified atom stereocenters. The molecule has 19 heavy (non-hydrogen) atoms. The highest BCUT2D eigenvalue weighted by Crippen LogP contribution is 2.15. The van der Waals surface area contributed by atoms with Gasteiger partial charge in [-0.15, -0.1) is 0 Å². The standard InChI is InChI=1S/C16H34N2O/c1-4-6-15(5-2)10-12-19-18-11-9-16-8-7-14(3)13-17-16/h14-18H,4-13H2,1-3H3/t14?,15?,16-/m1/s1. The number of hydroxylamine groups is 1. The Labute approximate surface area is 119 Å². The maximum absolute atomic E-state index is 5.55. The molecule has 3 nitrogen and oxygen atoms in total. The Morgan fingerprint density at radius 1 is 1.26 bits per heavy atom. The summed E-state index contributed by atoms with van der Waals surface area (Å²) in [5, 5.41) is 3.61. The second-order valence-corrected chi connectivity index (χ2v) is 6.17. The molecular formula is C16H34N2O. The van der Waals surface area contributed by atoms with Gasteiger partial charge < -0.3 is 10.2 Å². The lowest BCUT2D eigenvalue weighted by Gasteiger charge is -2.27. The molecule has 0 aromatic carbocycles. The van der Waals surface area contributed by atoms with Gasteiger partial charge in [-0.25, -0.2) is 5.48 Å². The van der Waals surface area contributed by atoms with Crippen LogP contribution in [0.15, 0.2) is 0 Å². The summed E-state index contributed by atoms with van der Waals surface area (Å²) in [6, 6.07) is 0.691. The molecule has 1 heterocycles. The Hall–Kier alpha value is -0.120. The molecule has 1 saturated heterocycles. The molecule has 2 N–H and O–H groups in total. The zero-order chi connectivity index (χ0) is 13.9. The van der Waals surface area contributed by atoms with E-state index in [1.165, 1.54) is 51.5 Å². The molecule has 0 aliphatic carbocycles. The summed E-state index contributed by atoms with van der Waals surface area (Å²) in [5.41, 5.74) is 3.13. The normalized spacial score (nSPS) is 25.4. The molecule has 1 aliphatic rings. The van der Waals surface area contributed by atoms with Gasteiger partial charge in [0.2, 0.25) is 0 Å². The first kappa shape index (κ1) is 16.9. The Morgan fingerprint density at radius 2 is 2.11 bits per heavy atom. The Bertz CT molecular complexity index is 203. The van der Waals surface area contributed by atoms with Crippen molar-refractivity contribution in [1.29, 1.82) is 0 Å². The minimum absolute atomic E-state index is 0.691. The Morgan fingerprint density at radius 3 is 2.74 bits per heavy atom. The zero-order valence-corrected chi connectivity index (χ0v) is 13.2. The molecule has 0 saturated carbocycles. The smallest absolute Gasteiger partial charge is 0.0684 e. The van der Waals surface area contributed by atoms with Gasteiger partial charge in [0.1, 0.15) is 0 Å². The van der Waals surface area contributed by atoms with Gasteiger partial charge in [0.05, 0.1) is 6.61 Å². The van der Waals surface area contributed by atoms with E-state index in [0.29, 0.717) is 6.04 Å². The van der Waals surface area contributed by atoms with Gasteiger partial charge in [-0.2, -0.15) is 0 Å². The average Bonchev–Trinajstić information content (AvgIpc) is 2.43. The third-order valence-electron chi connectivity index (χ3n) is 4.36. The fourth-order valence-electron chi connectivity index (χ4n) is 2.87. The van der Waals surface area contributed by atoms with Gasteiger partial charge in [-0.1, -0.05) is 40.0 Å². The van der Waals surface area contributed by atoms with Crippen molar-refractivity contribution < 1.29 is 4.84 Å². The third-order valence-corrected chi connectivity index (χ3v) is 4.36. The first-order valence-corrected chi connectivity index (χ1v) is 8.34. The van der Waals surface area contributed by atoms with Crippen LogP contribution in [0.3, 0.4) is 0 Å². The van der Waals surface area contributed by atoms with Crippen LogP contribution in [-0.2, 0) is 4.84 Å². The number of piperidine rings is 1. The minimum Gasteiger partial charge on any atom is -0.314 e. The molecule has 1 rings (SSSR count). The van der Waals surface area contributed by atoms with Gasteiger partial charge in [-0.05, 0) is 44.1 Å². The van der Waals surface area contributed by atoms with Crippen molar-refractivity contribution in [3.05, 3.63) is 0 Å². The van der Waals surface area contributed by atoms with Gasteiger partial charge >= 0.3 is 0 Å². The lowest BCUT2D eigenvalue weighted by molar-refractivity contribution is 0.0290. The molecule has 0 aromatic heterocycles. The van der Waals surface area contributed by atoms with Crippen molar-refractivity contribution in [3.8, 4) is 0 Å². The second-order valence-electron chi connectivity index (χ2n) is 6.17. The quantitative estimate of drug-likeness (QED) is 0.471.